The first-order valence-electron chi connectivity index (χ1n) is 10.4. The van der Waals surface area contributed by atoms with Crippen LogP contribution in [0.15, 0.2) is 48.5 Å². The molecular weight excluding hydrogens is 412 g/mol. The van der Waals surface area contributed by atoms with Gasteiger partial charge in [0.15, 0.2) is 0 Å². The van der Waals surface area contributed by atoms with Crippen LogP contribution in [0.2, 0.25) is 0 Å². The van der Waals surface area contributed by atoms with E-state index >= 15 is 0 Å². The van der Waals surface area contributed by atoms with Gasteiger partial charge in [-0.05, 0) is 48.1 Å². The lowest BCUT2D eigenvalue weighted by molar-refractivity contribution is -0.135. The Kier molecular flexibility index (Phi) is 5.81. The molecule has 0 aromatic heterocycles. The van der Waals surface area contributed by atoms with Crippen molar-refractivity contribution in [2.45, 2.75) is 31.3 Å². The van der Waals surface area contributed by atoms with Crippen molar-refractivity contribution in [2.24, 2.45) is 0 Å². The van der Waals surface area contributed by atoms with Crippen LogP contribution >= 0.6 is 0 Å². The van der Waals surface area contributed by atoms with E-state index in [1.165, 1.54) is 0 Å². The van der Waals surface area contributed by atoms with Gasteiger partial charge >= 0.3 is 12.1 Å². The van der Waals surface area contributed by atoms with Crippen LogP contribution < -0.4 is 20.7 Å². The van der Waals surface area contributed by atoms with E-state index in [9.17, 15) is 19.2 Å². The van der Waals surface area contributed by atoms with Gasteiger partial charge in [0, 0.05) is 6.54 Å². The SMILES string of the molecule is COc1ccc2c(c1)CCC[C@@]21NC(=O)N(CC(=O)NC(=O)NCc2ccccc2)C1=O. The van der Waals surface area contributed by atoms with Gasteiger partial charge in [-0.1, -0.05) is 36.4 Å². The Hall–Kier alpha value is -3.88. The molecule has 0 bridgehead atoms. The minimum atomic E-state index is -1.20. The van der Waals surface area contributed by atoms with Crippen LogP contribution in [0.1, 0.15) is 29.5 Å². The molecule has 0 radical (unpaired) electrons. The summed E-state index contributed by atoms with van der Waals surface area (Å²) in [5.41, 5.74) is 1.31. The van der Waals surface area contributed by atoms with Crippen molar-refractivity contribution in [3.8, 4) is 5.75 Å². The summed E-state index contributed by atoms with van der Waals surface area (Å²) < 4.78 is 5.26. The maximum atomic E-state index is 13.3. The number of carbonyl (C=O) groups excluding carboxylic acids is 4. The van der Waals surface area contributed by atoms with Crippen LogP contribution in [0, 0.1) is 0 Å². The van der Waals surface area contributed by atoms with Crippen LogP contribution in [0.25, 0.3) is 0 Å². The van der Waals surface area contributed by atoms with E-state index < -0.39 is 36.0 Å². The van der Waals surface area contributed by atoms with E-state index in [4.69, 9.17) is 4.74 Å². The van der Waals surface area contributed by atoms with Gasteiger partial charge < -0.3 is 15.4 Å². The zero-order valence-corrected chi connectivity index (χ0v) is 17.6. The number of methoxy groups -OCH3 is 1. The molecule has 1 atom stereocenters. The first-order valence-corrected chi connectivity index (χ1v) is 10.4. The number of fused-ring (bicyclic) bond motifs is 2. The first-order chi connectivity index (χ1) is 15.4. The number of nitrogens with zero attached hydrogens (tertiary/aromatic N) is 1. The van der Waals surface area contributed by atoms with Gasteiger partial charge in [-0.25, -0.2) is 9.59 Å². The number of nitrogens with one attached hydrogen (secondary N) is 3. The van der Waals surface area contributed by atoms with Gasteiger partial charge in [-0.15, -0.1) is 0 Å². The molecule has 1 spiro atoms. The fraction of sp³-hybridized carbons (Fsp3) is 0.304. The third-order valence-corrected chi connectivity index (χ3v) is 5.80. The molecule has 6 amide bonds. The van der Waals surface area contributed by atoms with E-state index in [2.05, 4.69) is 16.0 Å². The summed E-state index contributed by atoms with van der Waals surface area (Å²) in [6, 6.07) is 13.3. The van der Waals surface area contributed by atoms with Gasteiger partial charge in [0.1, 0.15) is 17.8 Å². The second kappa shape index (κ2) is 8.70. The number of hydrogen-bond acceptors (Lipinski definition) is 5. The lowest BCUT2D eigenvalue weighted by Crippen LogP contribution is -2.48. The van der Waals surface area contributed by atoms with Gasteiger partial charge in [0.25, 0.3) is 5.91 Å². The Morgan fingerprint density at radius 1 is 1.16 bits per heavy atom. The van der Waals surface area contributed by atoms with Gasteiger partial charge in [0.05, 0.1) is 7.11 Å². The largest absolute Gasteiger partial charge is 0.497 e. The molecule has 1 heterocycles. The molecule has 2 aromatic rings. The molecule has 3 N–H and O–H groups in total. The highest BCUT2D eigenvalue weighted by Gasteiger charge is 2.54. The molecule has 2 aliphatic rings. The molecule has 1 fully saturated rings. The van der Waals surface area contributed by atoms with E-state index in [-0.39, 0.29) is 6.54 Å². The molecule has 166 valence electrons. The molecule has 1 saturated heterocycles. The number of hydrogen-bond donors (Lipinski definition) is 3. The van der Waals surface area contributed by atoms with Crippen LogP contribution in [0.5, 0.6) is 5.75 Å². The van der Waals surface area contributed by atoms with Gasteiger partial charge in [-0.2, -0.15) is 0 Å². The summed E-state index contributed by atoms with van der Waals surface area (Å²) in [7, 11) is 1.57. The first kappa shape index (κ1) is 21.4. The summed E-state index contributed by atoms with van der Waals surface area (Å²) in [5, 5.41) is 7.52. The maximum absolute atomic E-state index is 13.3. The van der Waals surface area contributed by atoms with E-state index in [1.54, 1.807) is 19.2 Å². The molecule has 1 aliphatic carbocycles. The average Bonchev–Trinajstić information content (AvgIpc) is 3.02. The molecule has 0 saturated carbocycles. The third kappa shape index (κ3) is 4.01. The number of benzene rings is 2. The minimum absolute atomic E-state index is 0.243. The van der Waals surface area contributed by atoms with E-state index in [0.717, 1.165) is 22.4 Å². The van der Waals surface area contributed by atoms with Gasteiger partial charge in [-0.3, -0.25) is 19.8 Å². The molecular formula is C23H24N4O5. The number of amides is 6. The summed E-state index contributed by atoms with van der Waals surface area (Å²) >= 11 is 0. The van der Waals surface area contributed by atoms with Crippen LogP contribution in [0.3, 0.4) is 0 Å². The average molecular weight is 436 g/mol. The fourth-order valence-corrected chi connectivity index (χ4v) is 4.25. The summed E-state index contributed by atoms with van der Waals surface area (Å²) in [6.45, 7) is -0.302. The lowest BCUT2D eigenvalue weighted by atomic mass is 9.76. The number of ether oxygens (including phenoxy) is 1. The number of imide groups is 2. The number of carbonyl (C=O) groups is 4. The number of aryl methyl sites for hydroxylation is 1. The highest BCUT2D eigenvalue weighted by Crippen LogP contribution is 2.41. The third-order valence-electron chi connectivity index (χ3n) is 5.80. The van der Waals surface area contributed by atoms with Crippen molar-refractivity contribution in [3.05, 3.63) is 65.2 Å². The monoisotopic (exact) mass is 436 g/mol. The van der Waals surface area contributed by atoms with Crippen LogP contribution in [-0.2, 0) is 28.1 Å². The van der Waals surface area contributed by atoms with Crippen molar-refractivity contribution in [2.75, 3.05) is 13.7 Å². The zero-order chi connectivity index (χ0) is 22.7. The van der Waals surface area contributed by atoms with Gasteiger partial charge in [0.2, 0.25) is 5.91 Å². The highest BCUT2D eigenvalue weighted by atomic mass is 16.5. The predicted octanol–water partition coefficient (Wildman–Crippen LogP) is 1.80. The standard InChI is InChI=1S/C23H24N4O5/c1-32-17-9-10-18-16(12-17)8-5-11-23(18)20(29)27(22(31)26-23)14-19(28)25-21(30)24-13-15-6-3-2-4-7-15/h2-4,6-7,9-10,12H,5,8,11,13-14H2,1H3,(H,26,31)(H2,24,25,28,30)/t23-/m1/s1. The van der Waals surface area contributed by atoms with E-state index in [1.807, 2.05) is 36.4 Å². The second-order valence-corrected chi connectivity index (χ2v) is 7.82. The topological polar surface area (TPSA) is 117 Å². The van der Waals surface area contributed by atoms with Crippen molar-refractivity contribution >= 4 is 23.9 Å². The Balaban J connectivity index is 1.42. The van der Waals surface area contributed by atoms with Crippen LogP contribution in [-0.4, -0.2) is 42.4 Å². The van der Waals surface area contributed by atoms with Crippen molar-refractivity contribution < 1.29 is 23.9 Å². The highest BCUT2D eigenvalue weighted by molar-refractivity contribution is 6.10. The van der Waals surface area contributed by atoms with Crippen molar-refractivity contribution in [1.29, 1.82) is 0 Å². The molecule has 9 heteroatoms. The molecule has 1 aliphatic heterocycles. The fourth-order valence-electron chi connectivity index (χ4n) is 4.25. The van der Waals surface area contributed by atoms with Crippen molar-refractivity contribution in [3.63, 3.8) is 0 Å². The molecule has 4 rings (SSSR count). The molecule has 2 aromatic carbocycles. The zero-order valence-electron chi connectivity index (χ0n) is 17.6. The Morgan fingerprint density at radius 3 is 2.69 bits per heavy atom. The normalized spacial score (nSPS) is 19.3. The Bertz CT molecular complexity index is 1070. The summed E-state index contributed by atoms with van der Waals surface area (Å²) in [6.07, 6.45) is 1.90. The number of urea groups is 2. The summed E-state index contributed by atoms with van der Waals surface area (Å²) in [5.74, 6) is -0.564. The smallest absolute Gasteiger partial charge is 0.325 e. The minimum Gasteiger partial charge on any atom is -0.497 e. The Labute approximate surface area is 185 Å². The van der Waals surface area contributed by atoms with E-state index in [0.29, 0.717) is 24.2 Å². The molecule has 0 unspecified atom stereocenters. The predicted molar refractivity (Wildman–Crippen MR) is 115 cm³/mol. The Morgan fingerprint density at radius 2 is 1.94 bits per heavy atom. The van der Waals surface area contributed by atoms with Crippen LogP contribution in [0.4, 0.5) is 9.59 Å². The second-order valence-electron chi connectivity index (χ2n) is 7.82. The number of rotatable bonds is 5. The summed E-state index contributed by atoms with van der Waals surface area (Å²) in [4.78, 5) is 51.1. The quantitative estimate of drug-likeness (QED) is 0.618. The van der Waals surface area contributed by atoms with Crippen molar-refractivity contribution in [1.82, 2.24) is 20.9 Å². The maximum Gasteiger partial charge on any atom is 0.325 e. The molecule has 32 heavy (non-hydrogen) atoms. The lowest BCUT2D eigenvalue weighted by Gasteiger charge is -2.33. The molecule has 9 nitrogen and oxygen atoms in total.